The van der Waals surface area contributed by atoms with Crippen LogP contribution in [0.3, 0.4) is 0 Å². The first-order valence-electron chi connectivity index (χ1n) is 18.0. The van der Waals surface area contributed by atoms with Crippen molar-refractivity contribution in [3.63, 3.8) is 0 Å². The molecule has 0 aromatic heterocycles. The molecule has 0 radical (unpaired) electrons. The molecule has 0 nitrogen and oxygen atoms in total. The van der Waals surface area contributed by atoms with Crippen molar-refractivity contribution in [1.29, 1.82) is 0 Å². The highest BCUT2D eigenvalue weighted by Crippen LogP contribution is 2.67. The topological polar surface area (TPSA) is 0 Å². The molecule has 44 heavy (non-hydrogen) atoms. The summed E-state index contributed by atoms with van der Waals surface area (Å²) in [7, 11) is -1.73. The van der Waals surface area contributed by atoms with Gasteiger partial charge in [0.05, 0.1) is 8.07 Å². The minimum Gasteiger partial charge on any atom is -0.0808 e. The van der Waals surface area contributed by atoms with E-state index >= 15 is 0 Å². The predicted molar refractivity (Wildman–Crippen MR) is 193 cm³/mol. The molecule has 5 aliphatic carbocycles. The van der Waals surface area contributed by atoms with E-state index in [0.29, 0.717) is 17.8 Å². The maximum atomic E-state index is 2.86. The molecule has 0 spiro atoms. The van der Waals surface area contributed by atoms with Gasteiger partial charge in [0.2, 0.25) is 0 Å². The third-order valence-electron chi connectivity index (χ3n) is 13.1. The first-order valence-corrected chi connectivity index (χ1v) is 21.1. The Bertz CT molecular complexity index is 1500. The monoisotopic (exact) mass is 600 g/mol. The summed E-state index contributed by atoms with van der Waals surface area (Å²) in [5.74, 6) is 5.09. The zero-order chi connectivity index (χ0) is 31.0. The van der Waals surface area contributed by atoms with Crippen molar-refractivity contribution in [2.75, 3.05) is 0 Å². The lowest BCUT2D eigenvalue weighted by Crippen LogP contribution is -2.46. The van der Waals surface area contributed by atoms with Gasteiger partial charge in [-0.05, 0) is 129 Å². The van der Waals surface area contributed by atoms with Gasteiger partial charge in [0.15, 0.2) is 0 Å². The molecule has 0 amide bonds. The Balaban J connectivity index is 1.24. The number of hydrogen-bond donors (Lipinski definition) is 0. The van der Waals surface area contributed by atoms with Crippen LogP contribution < -0.4 is 0 Å². The summed E-state index contributed by atoms with van der Waals surface area (Å²) in [6, 6.07) is 21.2. The standard InChI is InChI=1S/C43H56Si/c1-27(2)36-26-37-33(29-20-22-32(23-21-29)43(4,5)6)17-13-19-35(37)42(36)44(7,8)41-28(3)24-38-39(41)25-31-16-12-18-34(31)40(38)30-14-10-9-11-15-30/h9-11,13-15,17,19-23,25,27-28,35-39,41-42H,12,16,18,24,26H2,1-8H3/t28?,35?,36?,37-,38+,39?,41?,42-/m0/s1. The van der Waals surface area contributed by atoms with Gasteiger partial charge in [-0.25, -0.2) is 0 Å². The summed E-state index contributed by atoms with van der Waals surface area (Å²) in [4.78, 5) is 0. The van der Waals surface area contributed by atoms with Gasteiger partial charge in [-0.3, -0.25) is 0 Å². The highest BCUT2D eigenvalue weighted by molar-refractivity contribution is 6.80. The van der Waals surface area contributed by atoms with E-state index in [9.17, 15) is 0 Å². The Morgan fingerprint density at radius 2 is 1.52 bits per heavy atom. The molecule has 5 unspecified atom stereocenters. The second-order valence-corrected chi connectivity index (χ2v) is 22.2. The van der Waals surface area contributed by atoms with E-state index in [2.05, 4.69) is 134 Å². The second-order valence-electron chi connectivity index (χ2n) is 17.2. The molecule has 7 rings (SSSR count). The fraction of sp³-hybridized carbons (Fsp3) is 0.535. The van der Waals surface area contributed by atoms with E-state index in [4.69, 9.17) is 0 Å². The summed E-state index contributed by atoms with van der Waals surface area (Å²) in [6.45, 7) is 20.4. The summed E-state index contributed by atoms with van der Waals surface area (Å²) >= 11 is 0. The third-order valence-corrected chi connectivity index (χ3v) is 18.3. The molecule has 2 aromatic carbocycles. The summed E-state index contributed by atoms with van der Waals surface area (Å²) < 4.78 is 0. The fourth-order valence-corrected chi connectivity index (χ4v) is 17.7. The SMILES string of the molecule is CC(C)C1C[C@H]2C(c3ccc(C(C)(C)C)cc3)=CC=CC2[C@@H]1[Si](C)(C)C1C(C)C[C@H]2C(c3ccccc3)=C3CCCC3=CC12. The average molecular weight is 601 g/mol. The molecule has 2 aromatic rings. The van der Waals surface area contributed by atoms with Crippen LogP contribution in [-0.4, -0.2) is 8.07 Å². The maximum Gasteiger partial charge on any atom is 0.0553 e. The van der Waals surface area contributed by atoms with Crippen molar-refractivity contribution in [1.82, 2.24) is 0 Å². The fourth-order valence-electron chi connectivity index (χ4n) is 11.4. The van der Waals surface area contributed by atoms with Crippen LogP contribution in [0.1, 0.15) is 90.3 Å². The van der Waals surface area contributed by atoms with Crippen LogP contribution >= 0.6 is 0 Å². The zero-order valence-corrected chi connectivity index (χ0v) is 29.7. The molecule has 0 saturated heterocycles. The van der Waals surface area contributed by atoms with Gasteiger partial charge in [-0.1, -0.05) is 134 Å². The molecule has 5 aliphatic rings. The van der Waals surface area contributed by atoms with Gasteiger partial charge < -0.3 is 0 Å². The molecule has 0 heterocycles. The molecule has 0 bridgehead atoms. The molecule has 3 fully saturated rings. The average Bonchev–Trinajstić information content (AvgIpc) is 3.70. The van der Waals surface area contributed by atoms with E-state index in [-0.39, 0.29) is 5.41 Å². The lowest BCUT2D eigenvalue weighted by atomic mass is 9.76. The van der Waals surface area contributed by atoms with Gasteiger partial charge in [0, 0.05) is 0 Å². The van der Waals surface area contributed by atoms with Crippen LogP contribution in [0.2, 0.25) is 24.2 Å². The summed E-state index contributed by atoms with van der Waals surface area (Å²) in [6.07, 6.45) is 17.1. The van der Waals surface area contributed by atoms with Crippen LogP contribution in [0.25, 0.3) is 11.1 Å². The molecular weight excluding hydrogens is 545 g/mol. The van der Waals surface area contributed by atoms with Gasteiger partial charge >= 0.3 is 0 Å². The Morgan fingerprint density at radius 3 is 2.20 bits per heavy atom. The van der Waals surface area contributed by atoms with Crippen LogP contribution in [0.4, 0.5) is 0 Å². The zero-order valence-electron chi connectivity index (χ0n) is 28.7. The molecule has 0 N–H and O–H groups in total. The van der Waals surface area contributed by atoms with Gasteiger partial charge in [0.1, 0.15) is 0 Å². The number of benzene rings is 2. The van der Waals surface area contributed by atoms with Crippen LogP contribution in [0.5, 0.6) is 0 Å². The first kappa shape index (κ1) is 30.3. The van der Waals surface area contributed by atoms with Crippen LogP contribution in [0, 0.1) is 41.4 Å². The van der Waals surface area contributed by atoms with Gasteiger partial charge in [-0.2, -0.15) is 0 Å². The van der Waals surface area contributed by atoms with Crippen molar-refractivity contribution in [3.8, 4) is 0 Å². The molecular formula is C43H56Si. The number of fused-ring (bicyclic) bond motifs is 3. The van der Waals surface area contributed by atoms with Gasteiger partial charge in [-0.15, -0.1) is 0 Å². The van der Waals surface area contributed by atoms with Crippen LogP contribution in [-0.2, 0) is 5.41 Å². The minimum atomic E-state index is -1.73. The van der Waals surface area contributed by atoms with Crippen molar-refractivity contribution in [2.45, 2.75) is 103 Å². The van der Waals surface area contributed by atoms with Crippen LogP contribution in [0.15, 0.2) is 90.0 Å². The smallest absolute Gasteiger partial charge is 0.0553 e. The third kappa shape index (κ3) is 4.92. The highest BCUT2D eigenvalue weighted by atomic mass is 28.3. The number of allylic oxidation sites excluding steroid dienone is 8. The van der Waals surface area contributed by atoms with E-state index < -0.39 is 8.07 Å². The van der Waals surface area contributed by atoms with Crippen molar-refractivity contribution < 1.29 is 0 Å². The Kier molecular flexibility index (Phi) is 7.67. The van der Waals surface area contributed by atoms with Crippen molar-refractivity contribution in [2.24, 2.45) is 41.4 Å². The number of hydrogen-bond acceptors (Lipinski definition) is 0. The largest absolute Gasteiger partial charge is 0.0808 e. The normalized spacial score (nSPS) is 33.3. The highest BCUT2D eigenvalue weighted by Gasteiger charge is 2.59. The molecule has 1 heteroatoms. The van der Waals surface area contributed by atoms with Crippen molar-refractivity contribution in [3.05, 3.63) is 107 Å². The van der Waals surface area contributed by atoms with E-state index in [1.807, 2.05) is 0 Å². The second kappa shape index (κ2) is 11.1. The summed E-state index contributed by atoms with van der Waals surface area (Å²) in [5.41, 5.74) is 13.1. The van der Waals surface area contributed by atoms with Crippen molar-refractivity contribution >= 4 is 19.2 Å². The lowest BCUT2D eigenvalue weighted by Gasteiger charge is -2.47. The predicted octanol–water partition coefficient (Wildman–Crippen LogP) is 12.1. The molecule has 8 atom stereocenters. The Morgan fingerprint density at radius 1 is 0.795 bits per heavy atom. The minimum absolute atomic E-state index is 0.192. The summed E-state index contributed by atoms with van der Waals surface area (Å²) in [5, 5.41) is 0. The Labute approximate surface area is 269 Å². The van der Waals surface area contributed by atoms with E-state index in [1.165, 1.54) is 48.8 Å². The molecule has 3 saturated carbocycles. The lowest BCUT2D eigenvalue weighted by molar-refractivity contribution is 0.372. The molecule has 0 aliphatic heterocycles. The van der Waals surface area contributed by atoms with E-state index in [0.717, 1.165) is 34.8 Å². The number of rotatable bonds is 5. The van der Waals surface area contributed by atoms with Gasteiger partial charge in [0.25, 0.3) is 0 Å². The van der Waals surface area contributed by atoms with E-state index in [1.54, 1.807) is 22.3 Å². The maximum absolute atomic E-state index is 2.86. The molecule has 232 valence electrons. The Hall–Kier alpha value is -2.38. The first-order chi connectivity index (χ1) is 21.0. The quantitative estimate of drug-likeness (QED) is 0.299.